The van der Waals surface area contributed by atoms with Crippen molar-refractivity contribution in [2.45, 2.75) is 13.3 Å². The van der Waals surface area contributed by atoms with Crippen molar-refractivity contribution in [2.75, 3.05) is 31.1 Å². The molecule has 3 nitrogen and oxygen atoms in total. The van der Waals surface area contributed by atoms with Crippen LogP contribution in [0, 0.1) is 0 Å². The van der Waals surface area contributed by atoms with Crippen molar-refractivity contribution in [2.24, 2.45) is 5.10 Å². The van der Waals surface area contributed by atoms with Gasteiger partial charge in [-0.15, -0.1) is 0 Å². The number of hydrogen-bond donors (Lipinski definition) is 0. The highest BCUT2D eigenvalue weighted by Gasteiger charge is 2.15. The number of hydrazone groups is 1. The number of benzene rings is 2. The van der Waals surface area contributed by atoms with Gasteiger partial charge >= 0.3 is 0 Å². The zero-order valence-corrected chi connectivity index (χ0v) is 14.2. The van der Waals surface area contributed by atoms with Gasteiger partial charge in [0, 0.05) is 23.8 Å². The van der Waals surface area contributed by atoms with Crippen molar-refractivity contribution < 1.29 is 0 Å². The number of hydrogen-bond acceptors (Lipinski definition) is 3. The summed E-state index contributed by atoms with van der Waals surface area (Å²) in [6.07, 6.45) is 3.03. The highest BCUT2D eigenvalue weighted by atomic mass is 35.5. The third-order valence-corrected chi connectivity index (χ3v) is 4.46. The van der Waals surface area contributed by atoms with Gasteiger partial charge in [0.05, 0.1) is 19.3 Å². The minimum atomic E-state index is 0.783. The van der Waals surface area contributed by atoms with Gasteiger partial charge in [-0.3, -0.25) is 5.01 Å². The van der Waals surface area contributed by atoms with Gasteiger partial charge in [-0.25, -0.2) is 0 Å². The van der Waals surface area contributed by atoms with E-state index in [1.165, 1.54) is 11.3 Å². The van der Waals surface area contributed by atoms with Crippen LogP contribution in [0.3, 0.4) is 0 Å². The van der Waals surface area contributed by atoms with E-state index in [4.69, 9.17) is 11.6 Å². The lowest BCUT2D eigenvalue weighted by Gasteiger charge is -2.34. The number of aryl methyl sites for hydroxylation is 1. The summed E-state index contributed by atoms with van der Waals surface area (Å²) in [7, 11) is 0. The molecule has 23 heavy (non-hydrogen) atoms. The van der Waals surface area contributed by atoms with Crippen LogP contribution in [0.1, 0.15) is 18.1 Å². The molecule has 0 N–H and O–H groups in total. The maximum absolute atomic E-state index is 5.95. The number of nitrogens with zero attached hydrogens (tertiary/aromatic N) is 3. The average Bonchev–Trinajstić information content (AvgIpc) is 2.61. The van der Waals surface area contributed by atoms with Crippen LogP contribution in [0.4, 0.5) is 5.69 Å². The van der Waals surface area contributed by atoms with Crippen LogP contribution >= 0.6 is 11.6 Å². The molecule has 0 aromatic heterocycles. The lowest BCUT2D eigenvalue weighted by molar-refractivity contribution is 0.272. The topological polar surface area (TPSA) is 18.8 Å². The molecule has 1 aliphatic rings. The van der Waals surface area contributed by atoms with Crippen LogP contribution < -0.4 is 4.90 Å². The minimum Gasteiger partial charge on any atom is -0.368 e. The van der Waals surface area contributed by atoms with Crippen molar-refractivity contribution in [3.05, 3.63) is 64.7 Å². The normalized spacial score (nSPS) is 15.4. The van der Waals surface area contributed by atoms with Gasteiger partial charge in [-0.05, 0) is 41.8 Å². The van der Waals surface area contributed by atoms with Gasteiger partial charge in [0.1, 0.15) is 0 Å². The fourth-order valence-corrected chi connectivity index (χ4v) is 2.84. The van der Waals surface area contributed by atoms with E-state index in [2.05, 4.69) is 58.3 Å². The molecule has 1 heterocycles. The molecule has 1 aliphatic heterocycles. The van der Waals surface area contributed by atoms with Crippen LogP contribution in [0.25, 0.3) is 0 Å². The molecule has 0 unspecified atom stereocenters. The van der Waals surface area contributed by atoms with Gasteiger partial charge in [0.15, 0.2) is 0 Å². The largest absolute Gasteiger partial charge is 0.368 e. The summed E-state index contributed by atoms with van der Waals surface area (Å²) in [4.78, 5) is 2.37. The summed E-state index contributed by atoms with van der Waals surface area (Å²) in [5.41, 5.74) is 3.74. The zero-order chi connectivity index (χ0) is 16.1. The maximum atomic E-state index is 5.95. The van der Waals surface area contributed by atoms with Gasteiger partial charge in [-0.1, -0.05) is 42.8 Å². The molecule has 0 spiro atoms. The highest BCUT2D eigenvalue weighted by molar-refractivity contribution is 6.30. The molecule has 1 fully saturated rings. The lowest BCUT2D eigenvalue weighted by atomic mass is 10.1. The maximum Gasteiger partial charge on any atom is 0.0542 e. The molecule has 120 valence electrons. The van der Waals surface area contributed by atoms with Gasteiger partial charge < -0.3 is 4.90 Å². The second kappa shape index (κ2) is 7.51. The van der Waals surface area contributed by atoms with Crippen molar-refractivity contribution in [1.82, 2.24) is 5.01 Å². The Labute approximate surface area is 143 Å². The van der Waals surface area contributed by atoms with E-state index in [1.54, 1.807) is 0 Å². The van der Waals surface area contributed by atoms with Gasteiger partial charge in [0.2, 0.25) is 0 Å². The van der Waals surface area contributed by atoms with Crippen LogP contribution in [0.2, 0.25) is 5.02 Å². The number of halogens is 1. The quantitative estimate of drug-likeness (QED) is 0.789. The molecule has 0 amide bonds. The third kappa shape index (κ3) is 4.26. The van der Waals surface area contributed by atoms with Crippen molar-refractivity contribution in [3.63, 3.8) is 0 Å². The predicted molar refractivity (Wildman–Crippen MR) is 98.7 cm³/mol. The Hall–Kier alpha value is -2.00. The van der Waals surface area contributed by atoms with Crippen molar-refractivity contribution in [1.29, 1.82) is 0 Å². The van der Waals surface area contributed by atoms with Crippen LogP contribution in [0.15, 0.2) is 53.6 Å². The number of rotatable bonds is 4. The minimum absolute atomic E-state index is 0.783. The third-order valence-electron chi connectivity index (χ3n) is 4.21. The summed E-state index contributed by atoms with van der Waals surface area (Å²) in [5, 5.41) is 7.53. The fourth-order valence-electron chi connectivity index (χ4n) is 2.71. The Kier molecular flexibility index (Phi) is 5.19. The summed E-state index contributed by atoms with van der Waals surface area (Å²) in [6.45, 7) is 6.00. The molecule has 0 atom stereocenters. The van der Waals surface area contributed by atoms with E-state index in [9.17, 15) is 0 Å². The second-order valence-corrected chi connectivity index (χ2v) is 6.19. The van der Waals surface area contributed by atoms with E-state index in [0.29, 0.717) is 0 Å². The van der Waals surface area contributed by atoms with E-state index >= 15 is 0 Å². The molecule has 0 bridgehead atoms. The Bertz CT molecular complexity index is 641. The Morgan fingerprint density at radius 2 is 1.61 bits per heavy atom. The molecule has 1 saturated heterocycles. The molecule has 3 rings (SSSR count). The van der Waals surface area contributed by atoms with E-state index in [-0.39, 0.29) is 0 Å². The van der Waals surface area contributed by atoms with Crippen LogP contribution in [-0.2, 0) is 6.42 Å². The van der Waals surface area contributed by atoms with Crippen LogP contribution in [-0.4, -0.2) is 37.4 Å². The molecule has 0 saturated carbocycles. The number of piperazine rings is 1. The van der Waals surface area contributed by atoms with Gasteiger partial charge in [0.25, 0.3) is 0 Å². The van der Waals surface area contributed by atoms with Gasteiger partial charge in [-0.2, -0.15) is 5.10 Å². The molecule has 0 radical (unpaired) electrons. The smallest absolute Gasteiger partial charge is 0.0542 e. The molecule has 4 heteroatoms. The Morgan fingerprint density at radius 3 is 2.22 bits per heavy atom. The first-order valence-corrected chi connectivity index (χ1v) is 8.51. The summed E-state index contributed by atoms with van der Waals surface area (Å²) in [5.74, 6) is 0. The first kappa shape index (κ1) is 15.9. The molecular weight excluding hydrogens is 306 g/mol. The summed E-state index contributed by atoms with van der Waals surface area (Å²) >= 11 is 5.95. The van der Waals surface area contributed by atoms with E-state index < -0.39 is 0 Å². The molecule has 0 aliphatic carbocycles. The second-order valence-electron chi connectivity index (χ2n) is 5.76. The summed E-state index contributed by atoms with van der Waals surface area (Å²) < 4.78 is 0. The first-order chi connectivity index (χ1) is 11.2. The fraction of sp³-hybridized carbons (Fsp3) is 0.316. The highest BCUT2D eigenvalue weighted by Crippen LogP contribution is 2.19. The SMILES string of the molecule is CCc1ccc(/C=N/N2CCN(c3ccc(Cl)cc3)CC2)cc1. The average molecular weight is 328 g/mol. The van der Waals surface area contributed by atoms with Crippen molar-refractivity contribution in [3.8, 4) is 0 Å². The predicted octanol–water partition coefficient (Wildman–Crippen LogP) is 4.06. The van der Waals surface area contributed by atoms with Crippen molar-refractivity contribution >= 4 is 23.5 Å². The lowest BCUT2D eigenvalue weighted by Crippen LogP contribution is -2.44. The molecule has 2 aromatic carbocycles. The van der Waals surface area contributed by atoms with Crippen LogP contribution in [0.5, 0.6) is 0 Å². The summed E-state index contributed by atoms with van der Waals surface area (Å²) in [6, 6.07) is 16.6. The Morgan fingerprint density at radius 1 is 0.957 bits per heavy atom. The Balaban J connectivity index is 1.54. The molecule has 2 aromatic rings. The zero-order valence-electron chi connectivity index (χ0n) is 13.5. The number of anilines is 1. The first-order valence-electron chi connectivity index (χ1n) is 8.13. The van der Waals surface area contributed by atoms with E-state index in [0.717, 1.165) is 43.2 Å². The standard InChI is InChI=1S/C19H22ClN3/c1-2-16-3-5-17(6-4-16)15-21-23-13-11-22(12-14-23)19-9-7-18(20)8-10-19/h3-10,15H,2,11-14H2,1H3/b21-15+. The monoisotopic (exact) mass is 327 g/mol. The van der Waals surface area contributed by atoms with E-state index in [1.807, 2.05) is 18.3 Å². The molecular formula is C19H22ClN3.